The first-order valence-corrected chi connectivity index (χ1v) is 8.96. The van der Waals surface area contributed by atoms with E-state index in [1.54, 1.807) is 29.6 Å². The Bertz CT molecular complexity index is 894. The van der Waals surface area contributed by atoms with Gasteiger partial charge in [-0.25, -0.2) is 4.98 Å². The van der Waals surface area contributed by atoms with E-state index in [1.807, 2.05) is 24.3 Å². The Morgan fingerprint density at radius 3 is 2.85 bits per heavy atom. The van der Waals surface area contributed by atoms with E-state index in [9.17, 15) is 4.79 Å². The Morgan fingerprint density at radius 2 is 2.08 bits per heavy atom. The number of pyridine rings is 2. The lowest BCUT2D eigenvalue weighted by Crippen LogP contribution is -2.42. The molecule has 7 heteroatoms. The standard InChI is InChI=1S/C19H18ClN5O/c20-17-4-3-13(12-22-17)10-15-2-1-9-25(19(15)26)18-11-16(23-24-18)14-5-7-21-8-6-14/h3-8,11-12,15H,1-2,9-10H2,(H,23,24)/t15-/m0/s1. The van der Waals surface area contributed by atoms with Crippen LogP contribution in [0.1, 0.15) is 18.4 Å². The molecule has 1 aliphatic rings. The van der Waals surface area contributed by atoms with Crippen LogP contribution in [0, 0.1) is 5.92 Å². The van der Waals surface area contributed by atoms with Crippen molar-refractivity contribution in [3.05, 3.63) is 59.6 Å². The number of halogens is 1. The number of amides is 1. The summed E-state index contributed by atoms with van der Waals surface area (Å²) in [5.74, 6) is 0.715. The third kappa shape index (κ3) is 3.46. The summed E-state index contributed by atoms with van der Waals surface area (Å²) in [5.41, 5.74) is 2.89. The molecule has 0 saturated carbocycles. The molecule has 1 aliphatic heterocycles. The third-order valence-corrected chi connectivity index (χ3v) is 4.88. The van der Waals surface area contributed by atoms with Crippen LogP contribution in [0.2, 0.25) is 5.15 Å². The number of aromatic nitrogens is 4. The normalized spacial score (nSPS) is 17.5. The van der Waals surface area contributed by atoms with Gasteiger partial charge in [-0.05, 0) is 43.0 Å². The molecule has 1 amide bonds. The van der Waals surface area contributed by atoms with Crippen molar-refractivity contribution in [1.29, 1.82) is 0 Å². The van der Waals surface area contributed by atoms with Gasteiger partial charge in [0.25, 0.3) is 0 Å². The summed E-state index contributed by atoms with van der Waals surface area (Å²) in [6.07, 6.45) is 7.70. The number of aromatic amines is 1. The van der Waals surface area contributed by atoms with Gasteiger partial charge in [0.05, 0.1) is 5.69 Å². The third-order valence-electron chi connectivity index (χ3n) is 4.65. The Labute approximate surface area is 156 Å². The molecule has 1 N–H and O–H groups in total. The van der Waals surface area contributed by atoms with E-state index in [4.69, 9.17) is 11.6 Å². The number of nitrogens with one attached hydrogen (secondary N) is 1. The van der Waals surface area contributed by atoms with Crippen molar-refractivity contribution in [2.45, 2.75) is 19.3 Å². The maximum Gasteiger partial charge on any atom is 0.231 e. The van der Waals surface area contributed by atoms with Crippen LogP contribution >= 0.6 is 11.6 Å². The van der Waals surface area contributed by atoms with Crippen molar-refractivity contribution in [2.24, 2.45) is 5.92 Å². The summed E-state index contributed by atoms with van der Waals surface area (Å²) in [4.78, 5) is 22.9. The van der Waals surface area contributed by atoms with Gasteiger partial charge in [0, 0.05) is 42.7 Å². The molecule has 0 aliphatic carbocycles. The fourth-order valence-corrected chi connectivity index (χ4v) is 3.42. The van der Waals surface area contributed by atoms with Gasteiger partial charge < -0.3 is 0 Å². The molecular formula is C19H18ClN5O. The molecule has 3 aromatic rings. The zero-order valence-corrected chi connectivity index (χ0v) is 14.9. The fourth-order valence-electron chi connectivity index (χ4n) is 3.31. The van der Waals surface area contributed by atoms with Crippen LogP contribution in [0.25, 0.3) is 11.3 Å². The highest BCUT2D eigenvalue weighted by molar-refractivity contribution is 6.29. The summed E-state index contributed by atoms with van der Waals surface area (Å²) in [6.45, 7) is 0.689. The molecule has 0 aromatic carbocycles. The number of carbonyl (C=O) groups excluding carboxylic acids is 1. The number of H-pyrrole nitrogens is 1. The lowest BCUT2D eigenvalue weighted by molar-refractivity contribution is -0.123. The molecule has 0 spiro atoms. The van der Waals surface area contributed by atoms with Crippen molar-refractivity contribution in [1.82, 2.24) is 20.2 Å². The largest absolute Gasteiger partial charge is 0.295 e. The van der Waals surface area contributed by atoms with Gasteiger partial charge in [0.15, 0.2) is 5.82 Å². The van der Waals surface area contributed by atoms with Crippen LogP contribution in [0.3, 0.4) is 0 Å². The monoisotopic (exact) mass is 367 g/mol. The number of hydrogen-bond acceptors (Lipinski definition) is 4. The average molecular weight is 368 g/mol. The average Bonchev–Trinajstić information content (AvgIpc) is 3.16. The minimum atomic E-state index is -0.0622. The molecular weight excluding hydrogens is 350 g/mol. The molecule has 6 nitrogen and oxygen atoms in total. The highest BCUT2D eigenvalue weighted by atomic mass is 35.5. The molecule has 26 heavy (non-hydrogen) atoms. The Kier molecular flexibility index (Phi) is 4.67. The van der Waals surface area contributed by atoms with Crippen LogP contribution < -0.4 is 4.90 Å². The van der Waals surface area contributed by atoms with Crippen molar-refractivity contribution in [2.75, 3.05) is 11.4 Å². The molecule has 0 radical (unpaired) electrons. The molecule has 3 aromatic heterocycles. The summed E-state index contributed by atoms with van der Waals surface area (Å²) in [5, 5.41) is 7.83. The lowest BCUT2D eigenvalue weighted by Gasteiger charge is -2.30. The number of piperidine rings is 1. The molecule has 0 unspecified atom stereocenters. The summed E-state index contributed by atoms with van der Waals surface area (Å²) >= 11 is 5.84. The number of rotatable bonds is 4. The van der Waals surface area contributed by atoms with Gasteiger partial charge in [-0.3, -0.25) is 19.8 Å². The number of nitrogens with zero attached hydrogens (tertiary/aromatic N) is 4. The van der Waals surface area contributed by atoms with E-state index in [2.05, 4.69) is 20.2 Å². The molecule has 132 valence electrons. The highest BCUT2D eigenvalue weighted by Crippen LogP contribution is 2.28. The quantitative estimate of drug-likeness (QED) is 0.716. The first kappa shape index (κ1) is 16.7. The Morgan fingerprint density at radius 1 is 1.23 bits per heavy atom. The SMILES string of the molecule is O=C1[C@H](Cc2ccc(Cl)nc2)CCCN1c1cc(-c2ccncc2)[nH]n1. The Hall–Kier alpha value is -2.73. The minimum Gasteiger partial charge on any atom is -0.295 e. The minimum absolute atomic E-state index is 0.0622. The van der Waals surface area contributed by atoms with Gasteiger partial charge >= 0.3 is 0 Å². The van der Waals surface area contributed by atoms with Gasteiger partial charge in [-0.1, -0.05) is 17.7 Å². The highest BCUT2D eigenvalue weighted by Gasteiger charge is 2.31. The number of hydrogen-bond donors (Lipinski definition) is 1. The van der Waals surface area contributed by atoms with Crippen LogP contribution in [0.4, 0.5) is 5.82 Å². The molecule has 1 atom stereocenters. The summed E-state index contributed by atoms with van der Waals surface area (Å²) in [7, 11) is 0. The predicted octanol–water partition coefficient (Wildman–Crippen LogP) is 3.51. The van der Waals surface area contributed by atoms with E-state index < -0.39 is 0 Å². The van der Waals surface area contributed by atoms with Crippen LogP contribution in [0.15, 0.2) is 48.9 Å². The summed E-state index contributed by atoms with van der Waals surface area (Å²) < 4.78 is 0. The molecule has 4 heterocycles. The molecule has 1 fully saturated rings. The first-order chi connectivity index (χ1) is 12.7. The van der Waals surface area contributed by atoms with Crippen molar-refractivity contribution in [3.63, 3.8) is 0 Å². The maximum absolute atomic E-state index is 13.0. The predicted molar refractivity (Wildman–Crippen MR) is 99.8 cm³/mol. The van der Waals surface area contributed by atoms with Crippen LogP contribution in [-0.4, -0.2) is 32.6 Å². The van der Waals surface area contributed by atoms with E-state index in [1.165, 1.54) is 0 Å². The van der Waals surface area contributed by atoms with Crippen molar-refractivity contribution < 1.29 is 4.79 Å². The number of carbonyl (C=O) groups is 1. The Balaban J connectivity index is 1.51. The van der Waals surface area contributed by atoms with Gasteiger partial charge in [-0.15, -0.1) is 0 Å². The van der Waals surface area contributed by atoms with Crippen LogP contribution in [0.5, 0.6) is 0 Å². The van der Waals surface area contributed by atoms with E-state index in [-0.39, 0.29) is 11.8 Å². The molecule has 1 saturated heterocycles. The van der Waals surface area contributed by atoms with E-state index in [0.717, 1.165) is 29.7 Å². The van der Waals surface area contributed by atoms with Gasteiger partial charge in [0.1, 0.15) is 5.15 Å². The van der Waals surface area contributed by atoms with E-state index >= 15 is 0 Å². The smallest absolute Gasteiger partial charge is 0.231 e. The first-order valence-electron chi connectivity index (χ1n) is 8.58. The topological polar surface area (TPSA) is 74.8 Å². The molecule has 4 rings (SSSR count). The van der Waals surface area contributed by atoms with Crippen molar-refractivity contribution in [3.8, 4) is 11.3 Å². The second-order valence-electron chi connectivity index (χ2n) is 6.40. The van der Waals surface area contributed by atoms with Crippen LogP contribution in [-0.2, 0) is 11.2 Å². The van der Waals surface area contributed by atoms with Gasteiger partial charge in [0.2, 0.25) is 5.91 Å². The molecule has 0 bridgehead atoms. The fraction of sp³-hybridized carbons (Fsp3) is 0.263. The lowest BCUT2D eigenvalue weighted by atomic mass is 9.91. The summed E-state index contributed by atoms with van der Waals surface area (Å²) in [6, 6.07) is 9.42. The van der Waals surface area contributed by atoms with E-state index in [0.29, 0.717) is 23.9 Å². The second kappa shape index (κ2) is 7.25. The zero-order chi connectivity index (χ0) is 17.9. The second-order valence-corrected chi connectivity index (χ2v) is 6.79. The van der Waals surface area contributed by atoms with Gasteiger partial charge in [-0.2, -0.15) is 5.10 Å². The number of anilines is 1. The van der Waals surface area contributed by atoms with Crippen molar-refractivity contribution >= 4 is 23.3 Å². The maximum atomic E-state index is 13.0. The zero-order valence-electron chi connectivity index (χ0n) is 14.1.